The third-order valence-electron chi connectivity index (χ3n) is 7.28. The van der Waals surface area contributed by atoms with E-state index in [9.17, 15) is 27.2 Å². The van der Waals surface area contributed by atoms with Crippen LogP contribution in [0.25, 0.3) is 0 Å². The lowest BCUT2D eigenvalue weighted by atomic mass is 9.95. The van der Waals surface area contributed by atoms with Gasteiger partial charge in [-0.3, -0.25) is 19.3 Å². The largest absolute Gasteiger partial charge is 0.370 e. The Labute approximate surface area is 209 Å². The number of nitrogens with one attached hydrogen (secondary N) is 1. The van der Waals surface area contributed by atoms with Crippen LogP contribution in [0, 0.1) is 11.7 Å². The van der Waals surface area contributed by atoms with E-state index >= 15 is 0 Å². The first-order valence-electron chi connectivity index (χ1n) is 12.2. The summed E-state index contributed by atoms with van der Waals surface area (Å²) in [6, 6.07) is 10.9. The molecule has 0 radical (unpaired) electrons. The van der Waals surface area contributed by atoms with Gasteiger partial charge in [0.15, 0.2) is 9.84 Å². The number of anilines is 1. The highest BCUT2D eigenvalue weighted by atomic mass is 32.2. The van der Waals surface area contributed by atoms with Crippen molar-refractivity contribution in [2.24, 2.45) is 5.92 Å². The van der Waals surface area contributed by atoms with Crippen LogP contribution >= 0.6 is 0 Å². The zero-order chi connectivity index (χ0) is 25.4. The highest BCUT2D eigenvalue weighted by molar-refractivity contribution is 7.91. The summed E-state index contributed by atoms with van der Waals surface area (Å²) < 4.78 is 37.7. The van der Waals surface area contributed by atoms with Gasteiger partial charge in [0.1, 0.15) is 5.82 Å². The normalized spacial score (nSPS) is 23.1. The Kier molecular flexibility index (Phi) is 6.55. The van der Waals surface area contributed by atoms with E-state index in [0.29, 0.717) is 43.7 Å². The minimum Gasteiger partial charge on any atom is -0.370 e. The van der Waals surface area contributed by atoms with E-state index in [2.05, 4.69) is 5.32 Å². The first-order chi connectivity index (χ1) is 17.2. The molecule has 0 spiro atoms. The second-order valence-electron chi connectivity index (χ2n) is 9.65. The van der Waals surface area contributed by atoms with Crippen LogP contribution in [0.3, 0.4) is 0 Å². The number of hydrogen-bond acceptors (Lipinski definition) is 6. The average molecular weight is 514 g/mol. The third kappa shape index (κ3) is 4.61. The van der Waals surface area contributed by atoms with Crippen LogP contribution in [0.5, 0.6) is 0 Å². The minimum atomic E-state index is -3.26. The maximum absolute atomic E-state index is 13.8. The summed E-state index contributed by atoms with van der Waals surface area (Å²) >= 11 is 0. The first-order valence-corrected chi connectivity index (χ1v) is 14.0. The summed E-state index contributed by atoms with van der Waals surface area (Å²) in [6.45, 7) is 1.35. The van der Waals surface area contributed by atoms with Crippen molar-refractivity contribution in [3.8, 4) is 0 Å². The summed E-state index contributed by atoms with van der Waals surface area (Å²) in [5, 5.41) is 2.90. The molecule has 2 atom stereocenters. The molecule has 3 aliphatic rings. The van der Waals surface area contributed by atoms with E-state index in [0.717, 1.165) is 11.3 Å². The quantitative estimate of drug-likeness (QED) is 0.594. The third-order valence-corrected chi connectivity index (χ3v) is 9.03. The molecule has 0 saturated carbocycles. The molecule has 2 unspecified atom stereocenters. The Bertz CT molecular complexity index is 1330. The van der Waals surface area contributed by atoms with Crippen LogP contribution in [0.2, 0.25) is 0 Å². The molecule has 1 N–H and O–H groups in total. The van der Waals surface area contributed by atoms with Crippen molar-refractivity contribution in [3.05, 3.63) is 65.0 Å². The number of piperidine rings is 1. The molecule has 3 aliphatic heterocycles. The molecular formula is C26H28FN3O5S. The van der Waals surface area contributed by atoms with Gasteiger partial charge in [-0.25, -0.2) is 12.8 Å². The molecule has 2 fully saturated rings. The van der Waals surface area contributed by atoms with Gasteiger partial charge < -0.3 is 10.2 Å². The van der Waals surface area contributed by atoms with Gasteiger partial charge in [0, 0.05) is 19.6 Å². The van der Waals surface area contributed by atoms with Gasteiger partial charge in [-0.15, -0.1) is 0 Å². The number of carbonyl (C=O) groups excluding carboxylic acids is 3. The Morgan fingerprint density at radius 3 is 2.61 bits per heavy atom. The number of amides is 3. The summed E-state index contributed by atoms with van der Waals surface area (Å²) in [5.74, 6) is -1.88. The van der Waals surface area contributed by atoms with Crippen LogP contribution in [0.1, 0.15) is 45.5 Å². The fourth-order valence-electron chi connectivity index (χ4n) is 5.44. The lowest BCUT2D eigenvalue weighted by Crippen LogP contribution is -2.44. The van der Waals surface area contributed by atoms with E-state index in [1.165, 1.54) is 6.07 Å². The van der Waals surface area contributed by atoms with E-state index < -0.39 is 27.7 Å². The predicted octanol–water partition coefficient (Wildman–Crippen LogP) is 2.18. The molecule has 190 valence electrons. The Morgan fingerprint density at radius 1 is 1.06 bits per heavy atom. The van der Waals surface area contributed by atoms with Gasteiger partial charge in [-0.05, 0) is 49.4 Å². The molecule has 2 saturated heterocycles. The fourth-order valence-corrected chi connectivity index (χ4v) is 7.14. The molecule has 0 aromatic heterocycles. The highest BCUT2D eigenvalue weighted by Gasteiger charge is 2.46. The van der Waals surface area contributed by atoms with Gasteiger partial charge >= 0.3 is 0 Å². The van der Waals surface area contributed by atoms with Crippen LogP contribution in [0.15, 0.2) is 42.5 Å². The number of fused-ring (bicyclic) bond motifs is 1. The molecule has 0 bridgehead atoms. The molecule has 3 amide bonds. The topological polar surface area (TPSA) is 104 Å². The summed E-state index contributed by atoms with van der Waals surface area (Å²) in [5.41, 5.74) is 1.70. The first kappa shape index (κ1) is 24.4. The molecule has 0 aliphatic carbocycles. The van der Waals surface area contributed by atoms with Crippen molar-refractivity contribution in [2.45, 2.75) is 31.7 Å². The van der Waals surface area contributed by atoms with E-state index in [1.54, 1.807) is 36.4 Å². The van der Waals surface area contributed by atoms with Crippen molar-refractivity contribution in [1.29, 1.82) is 0 Å². The molecule has 10 heteroatoms. The average Bonchev–Trinajstić information content (AvgIpc) is 3.35. The second kappa shape index (κ2) is 9.65. The molecular weight excluding hydrogens is 485 g/mol. The van der Waals surface area contributed by atoms with E-state index in [4.69, 9.17) is 0 Å². The second-order valence-corrected chi connectivity index (χ2v) is 11.9. The highest BCUT2D eigenvalue weighted by Crippen LogP contribution is 2.36. The van der Waals surface area contributed by atoms with Gasteiger partial charge in [0.2, 0.25) is 5.91 Å². The summed E-state index contributed by atoms with van der Waals surface area (Å²) in [7, 11) is -3.26. The van der Waals surface area contributed by atoms with Gasteiger partial charge in [-0.1, -0.05) is 24.3 Å². The van der Waals surface area contributed by atoms with Gasteiger partial charge in [-0.2, -0.15) is 0 Å². The van der Waals surface area contributed by atoms with Crippen LogP contribution in [0.4, 0.5) is 10.1 Å². The van der Waals surface area contributed by atoms with Crippen molar-refractivity contribution in [1.82, 2.24) is 10.2 Å². The van der Waals surface area contributed by atoms with Gasteiger partial charge in [0.25, 0.3) is 11.8 Å². The monoisotopic (exact) mass is 513 g/mol. The lowest BCUT2D eigenvalue weighted by molar-refractivity contribution is -0.125. The number of imide groups is 1. The Hall–Kier alpha value is -3.27. The van der Waals surface area contributed by atoms with Crippen molar-refractivity contribution < 1.29 is 27.2 Å². The Morgan fingerprint density at radius 2 is 1.86 bits per heavy atom. The number of benzene rings is 2. The number of nitrogens with zero attached hydrogens (tertiary/aromatic N) is 2. The summed E-state index contributed by atoms with van der Waals surface area (Å²) in [4.78, 5) is 42.4. The van der Waals surface area contributed by atoms with Crippen LogP contribution in [-0.2, 0) is 21.1 Å². The Balaban J connectivity index is 1.28. The summed E-state index contributed by atoms with van der Waals surface area (Å²) in [6.07, 6.45) is 2.07. The van der Waals surface area contributed by atoms with E-state index in [1.807, 2.05) is 4.90 Å². The minimum absolute atomic E-state index is 0.0300. The molecule has 3 heterocycles. The maximum Gasteiger partial charge on any atom is 0.263 e. The molecule has 8 nitrogen and oxygen atoms in total. The fraction of sp³-hybridized carbons (Fsp3) is 0.423. The number of carbonyl (C=O) groups is 3. The van der Waals surface area contributed by atoms with E-state index in [-0.39, 0.29) is 46.7 Å². The zero-order valence-electron chi connectivity index (χ0n) is 19.8. The van der Waals surface area contributed by atoms with Crippen molar-refractivity contribution >= 4 is 33.2 Å². The molecule has 2 aromatic rings. The van der Waals surface area contributed by atoms with Crippen molar-refractivity contribution in [3.63, 3.8) is 0 Å². The maximum atomic E-state index is 13.8. The number of halogens is 1. The number of rotatable bonds is 6. The standard InChI is InChI=1S/C26H28FN3O5S/c27-21-8-2-1-5-17(21)10-12-28-24(31)18-6-4-13-29(15-18)22-9-3-7-20-23(22)26(33)30(25(20)32)19-11-14-36(34,35)16-19/h1-3,5,7-9,18-19H,4,6,10-16H2,(H,28,31). The smallest absolute Gasteiger partial charge is 0.263 e. The van der Waals surface area contributed by atoms with Crippen LogP contribution in [-0.4, -0.2) is 68.2 Å². The molecule has 2 aromatic carbocycles. The lowest BCUT2D eigenvalue weighted by Gasteiger charge is -2.34. The SMILES string of the molecule is O=C(NCCc1ccccc1F)C1CCCN(c2cccc3c2C(=O)N(C2CCS(=O)(=O)C2)C3=O)C1. The zero-order valence-corrected chi connectivity index (χ0v) is 20.6. The van der Waals surface area contributed by atoms with Crippen molar-refractivity contribution in [2.75, 3.05) is 36.0 Å². The molecule has 5 rings (SSSR count). The number of sulfone groups is 1. The predicted molar refractivity (Wildman–Crippen MR) is 132 cm³/mol. The number of hydrogen-bond donors (Lipinski definition) is 1. The van der Waals surface area contributed by atoms with Gasteiger partial charge in [0.05, 0.1) is 40.3 Å². The van der Waals surface area contributed by atoms with Crippen LogP contribution < -0.4 is 10.2 Å². The molecule has 36 heavy (non-hydrogen) atoms.